The summed E-state index contributed by atoms with van der Waals surface area (Å²) < 4.78 is 10.3. The Labute approximate surface area is 88.2 Å². The molecule has 0 unspecified atom stereocenters. The second-order valence-corrected chi connectivity index (χ2v) is 3.63. The Kier molecular flexibility index (Phi) is 2.68. The standard InChI is InChI=1S/C11H13NO3/c1-14-10(13)11(4-5-11)15-8-9-2-6-12-7-3-9/h2-3,6-7H,4-5,8H2,1H3. The van der Waals surface area contributed by atoms with Crippen molar-refractivity contribution >= 4 is 5.97 Å². The smallest absolute Gasteiger partial charge is 0.338 e. The molecule has 1 aromatic rings. The largest absolute Gasteiger partial charge is 0.467 e. The summed E-state index contributed by atoms with van der Waals surface area (Å²) in [6, 6.07) is 3.74. The van der Waals surface area contributed by atoms with Gasteiger partial charge < -0.3 is 9.47 Å². The number of hydrogen-bond donors (Lipinski definition) is 0. The van der Waals surface area contributed by atoms with Crippen LogP contribution in [0.5, 0.6) is 0 Å². The van der Waals surface area contributed by atoms with Crippen LogP contribution in [0.25, 0.3) is 0 Å². The van der Waals surface area contributed by atoms with Gasteiger partial charge >= 0.3 is 5.97 Å². The number of methoxy groups -OCH3 is 1. The number of carbonyl (C=O) groups excluding carboxylic acids is 1. The molecule has 1 fully saturated rings. The van der Waals surface area contributed by atoms with E-state index in [1.165, 1.54) is 7.11 Å². The fraction of sp³-hybridized carbons (Fsp3) is 0.455. The highest BCUT2D eigenvalue weighted by molar-refractivity contribution is 5.82. The third-order valence-electron chi connectivity index (χ3n) is 2.53. The Balaban J connectivity index is 1.91. The molecule has 0 aliphatic heterocycles. The lowest BCUT2D eigenvalue weighted by molar-refractivity contribution is -0.158. The molecule has 15 heavy (non-hydrogen) atoms. The van der Waals surface area contributed by atoms with Gasteiger partial charge in [-0.2, -0.15) is 0 Å². The van der Waals surface area contributed by atoms with E-state index in [-0.39, 0.29) is 5.97 Å². The van der Waals surface area contributed by atoms with Crippen LogP contribution in [0.4, 0.5) is 0 Å². The van der Waals surface area contributed by atoms with E-state index in [1.54, 1.807) is 12.4 Å². The van der Waals surface area contributed by atoms with E-state index in [1.807, 2.05) is 12.1 Å². The fourth-order valence-corrected chi connectivity index (χ4v) is 1.41. The monoisotopic (exact) mass is 207 g/mol. The van der Waals surface area contributed by atoms with E-state index >= 15 is 0 Å². The molecule has 1 heterocycles. The number of nitrogens with zero attached hydrogens (tertiary/aromatic N) is 1. The van der Waals surface area contributed by atoms with E-state index in [0.717, 1.165) is 18.4 Å². The molecule has 80 valence electrons. The van der Waals surface area contributed by atoms with Crippen molar-refractivity contribution in [3.8, 4) is 0 Å². The molecule has 0 amide bonds. The predicted molar refractivity (Wildman–Crippen MR) is 53.0 cm³/mol. The Morgan fingerprint density at radius 2 is 2.13 bits per heavy atom. The maximum Gasteiger partial charge on any atom is 0.338 e. The Morgan fingerprint density at radius 1 is 1.47 bits per heavy atom. The summed E-state index contributed by atoms with van der Waals surface area (Å²) in [5.41, 5.74) is 0.345. The molecule has 0 saturated heterocycles. The molecule has 0 atom stereocenters. The lowest BCUT2D eigenvalue weighted by Crippen LogP contribution is -2.27. The van der Waals surface area contributed by atoms with Crippen molar-refractivity contribution in [3.63, 3.8) is 0 Å². The number of pyridine rings is 1. The van der Waals surface area contributed by atoms with Crippen LogP contribution in [0, 0.1) is 0 Å². The second-order valence-electron chi connectivity index (χ2n) is 3.63. The maximum atomic E-state index is 11.4. The van der Waals surface area contributed by atoms with Crippen LogP contribution in [0.2, 0.25) is 0 Å². The zero-order valence-corrected chi connectivity index (χ0v) is 8.60. The quantitative estimate of drug-likeness (QED) is 0.698. The lowest BCUT2D eigenvalue weighted by Gasteiger charge is -2.13. The first kappa shape index (κ1) is 10.1. The molecule has 0 radical (unpaired) electrons. The molecule has 0 N–H and O–H groups in total. The lowest BCUT2D eigenvalue weighted by atomic mass is 10.3. The SMILES string of the molecule is COC(=O)C1(OCc2ccncc2)CC1. The topological polar surface area (TPSA) is 48.4 Å². The van der Waals surface area contributed by atoms with Crippen molar-refractivity contribution in [2.24, 2.45) is 0 Å². The number of aromatic nitrogens is 1. The van der Waals surface area contributed by atoms with Gasteiger partial charge in [0, 0.05) is 12.4 Å². The summed E-state index contributed by atoms with van der Waals surface area (Å²) in [7, 11) is 1.39. The minimum Gasteiger partial charge on any atom is -0.467 e. The molecule has 1 aliphatic rings. The number of esters is 1. The van der Waals surface area contributed by atoms with Gasteiger partial charge in [0.15, 0.2) is 5.60 Å². The van der Waals surface area contributed by atoms with E-state index in [0.29, 0.717) is 6.61 Å². The van der Waals surface area contributed by atoms with Gasteiger partial charge in [-0.15, -0.1) is 0 Å². The average Bonchev–Trinajstić information content (AvgIpc) is 3.08. The summed E-state index contributed by atoms with van der Waals surface area (Å²) in [6.45, 7) is 0.428. The number of hydrogen-bond acceptors (Lipinski definition) is 4. The molecule has 0 aromatic carbocycles. The number of ether oxygens (including phenoxy) is 2. The third kappa shape index (κ3) is 2.15. The Morgan fingerprint density at radius 3 is 2.67 bits per heavy atom. The highest BCUT2D eigenvalue weighted by atomic mass is 16.6. The fourth-order valence-electron chi connectivity index (χ4n) is 1.41. The van der Waals surface area contributed by atoms with Crippen LogP contribution in [-0.4, -0.2) is 23.7 Å². The van der Waals surface area contributed by atoms with Gasteiger partial charge in [0.25, 0.3) is 0 Å². The predicted octanol–water partition coefficient (Wildman–Crippen LogP) is 1.30. The van der Waals surface area contributed by atoms with Crippen molar-refractivity contribution in [3.05, 3.63) is 30.1 Å². The van der Waals surface area contributed by atoms with Gasteiger partial charge in [0.2, 0.25) is 0 Å². The molecule has 1 aromatic heterocycles. The maximum absolute atomic E-state index is 11.4. The van der Waals surface area contributed by atoms with E-state index < -0.39 is 5.60 Å². The highest BCUT2D eigenvalue weighted by Gasteiger charge is 2.52. The zero-order chi connectivity index (χ0) is 10.7. The average molecular weight is 207 g/mol. The normalized spacial score (nSPS) is 17.1. The Hall–Kier alpha value is -1.42. The van der Waals surface area contributed by atoms with E-state index in [4.69, 9.17) is 4.74 Å². The van der Waals surface area contributed by atoms with Gasteiger partial charge in [-0.3, -0.25) is 4.98 Å². The van der Waals surface area contributed by atoms with Crippen LogP contribution in [0.3, 0.4) is 0 Å². The summed E-state index contributed by atoms with van der Waals surface area (Å²) in [4.78, 5) is 15.3. The van der Waals surface area contributed by atoms with Gasteiger partial charge in [0.05, 0.1) is 13.7 Å². The first-order chi connectivity index (χ1) is 7.27. The second kappa shape index (κ2) is 3.98. The molecule has 2 rings (SSSR count). The van der Waals surface area contributed by atoms with Crippen LogP contribution >= 0.6 is 0 Å². The minimum absolute atomic E-state index is 0.267. The van der Waals surface area contributed by atoms with Gasteiger partial charge in [0.1, 0.15) is 0 Å². The molecule has 1 saturated carbocycles. The molecule has 0 bridgehead atoms. The molecular weight excluding hydrogens is 194 g/mol. The number of rotatable bonds is 4. The molecule has 1 aliphatic carbocycles. The van der Waals surface area contributed by atoms with Crippen LogP contribution in [0.1, 0.15) is 18.4 Å². The van der Waals surface area contributed by atoms with Crippen molar-refractivity contribution in [1.82, 2.24) is 4.98 Å². The minimum atomic E-state index is -0.669. The summed E-state index contributed by atoms with van der Waals surface area (Å²) >= 11 is 0. The third-order valence-corrected chi connectivity index (χ3v) is 2.53. The van der Waals surface area contributed by atoms with Gasteiger partial charge in [-0.05, 0) is 30.5 Å². The summed E-state index contributed by atoms with van der Waals surface area (Å²) in [6.07, 6.45) is 4.92. The Bertz CT molecular complexity index is 346. The van der Waals surface area contributed by atoms with Crippen LogP contribution in [0.15, 0.2) is 24.5 Å². The van der Waals surface area contributed by atoms with E-state index in [9.17, 15) is 4.79 Å². The zero-order valence-electron chi connectivity index (χ0n) is 8.60. The van der Waals surface area contributed by atoms with Crippen molar-refractivity contribution < 1.29 is 14.3 Å². The molecule has 4 heteroatoms. The van der Waals surface area contributed by atoms with Crippen molar-refractivity contribution in [2.75, 3.05) is 7.11 Å². The molecule has 0 spiro atoms. The van der Waals surface area contributed by atoms with Crippen LogP contribution < -0.4 is 0 Å². The first-order valence-corrected chi connectivity index (χ1v) is 4.88. The van der Waals surface area contributed by atoms with Crippen molar-refractivity contribution in [2.45, 2.75) is 25.0 Å². The summed E-state index contributed by atoms with van der Waals surface area (Å²) in [5, 5.41) is 0. The molecule has 4 nitrogen and oxygen atoms in total. The van der Waals surface area contributed by atoms with Crippen LogP contribution in [-0.2, 0) is 20.9 Å². The number of carbonyl (C=O) groups is 1. The first-order valence-electron chi connectivity index (χ1n) is 4.88. The molecular formula is C11H13NO3. The van der Waals surface area contributed by atoms with Crippen molar-refractivity contribution in [1.29, 1.82) is 0 Å². The van der Waals surface area contributed by atoms with Gasteiger partial charge in [-0.1, -0.05) is 0 Å². The van der Waals surface area contributed by atoms with E-state index in [2.05, 4.69) is 9.72 Å². The van der Waals surface area contributed by atoms with Gasteiger partial charge in [-0.25, -0.2) is 4.79 Å². The highest BCUT2D eigenvalue weighted by Crippen LogP contribution is 2.41. The summed E-state index contributed by atoms with van der Waals surface area (Å²) in [5.74, 6) is -0.267.